The van der Waals surface area contributed by atoms with Gasteiger partial charge in [0.2, 0.25) is 0 Å². The van der Waals surface area contributed by atoms with Gasteiger partial charge >= 0.3 is 11.9 Å². The Morgan fingerprint density at radius 1 is 1.07 bits per heavy atom. The Labute approximate surface area is 247 Å². The van der Waals surface area contributed by atoms with Crippen molar-refractivity contribution in [3.8, 4) is 11.1 Å². The molecular weight excluding hydrogens is 548 g/mol. The smallest absolute Gasteiger partial charge is 0.322 e. The van der Waals surface area contributed by atoms with Gasteiger partial charge in [-0.25, -0.2) is 5.43 Å². The first-order chi connectivity index (χ1) is 19.0. The van der Waals surface area contributed by atoms with Gasteiger partial charge in [0.15, 0.2) is 6.10 Å². The zero-order valence-corrected chi connectivity index (χ0v) is 24.8. The Kier molecular flexibility index (Phi) is 12.8. The van der Waals surface area contributed by atoms with Crippen molar-refractivity contribution >= 4 is 36.2 Å². The second kappa shape index (κ2) is 15.5. The van der Waals surface area contributed by atoms with Gasteiger partial charge in [-0.05, 0) is 67.3 Å². The number of aryl methyl sites for hydroxylation is 1. The van der Waals surface area contributed by atoms with Crippen LogP contribution in [0.15, 0.2) is 48.5 Å². The van der Waals surface area contributed by atoms with E-state index in [1.54, 1.807) is 13.8 Å². The maximum absolute atomic E-state index is 12.9. The van der Waals surface area contributed by atoms with Crippen molar-refractivity contribution in [3.05, 3.63) is 59.7 Å². The van der Waals surface area contributed by atoms with Gasteiger partial charge in [-0.1, -0.05) is 56.3 Å². The van der Waals surface area contributed by atoms with Gasteiger partial charge in [-0.3, -0.25) is 24.2 Å². The molecule has 0 spiro atoms. The number of ether oxygens (including phenoxy) is 1. The van der Waals surface area contributed by atoms with E-state index in [0.717, 1.165) is 22.3 Å². The number of carboxylic acids is 1. The van der Waals surface area contributed by atoms with E-state index in [-0.39, 0.29) is 30.8 Å². The van der Waals surface area contributed by atoms with E-state index in [1.807, 2.05) is 49.4 Å². The highest BCUT2D eigenvalue weighted by molar-refractivity contribution is 5.90. The number of nitrogens with one attached hydrogen (secondary N) is 2. The van der Waals surface area contributed by atoms with E-state index in [4.69, 9.17) is 10.5 Å². The van der Waals surface area contributed by atoms with Crippen molar-refractivity contribution in [2.45, 2.75) is 77.6 Å². The minimum Gasteiger partial charge on any atom is -0.480 e. The number of rotatable bonds is 11. The Balaban J connectivity index is 0.00000588. The number of nitrogens with two attached hydrogens (primary N) is 1. The first kappa shape index (κ1) is 33.7. The van der Waals surface area contributed by atoms with Crippen LogP contribution < -0.4 is 16.5 Å². The fourth-order valence-corrected chi connectivity index (χ4v) is 4.52. The number of carbonyl (C=O) groups excluding carboxylic acids is 3. The summed E-state index contributed by atoms with van der Waals surface area (Å²) in [5.41, 5.74) is 12.8. The third kappa shape index (κ3) is 9.55. The number of aliphatic carboxylic acids is 1. The summed E-state index contributed by atoms with van der Waals surface area (Å²) in [6.45, 7) is 7.31. The zero-order chi connectivity index (χ0) is 29.4. The Morgan fingerprint density at radius 3 is 2.37 bits per heavy atom. The van der Waals surface area contributed by atoms with Crippen molar-refractivity contribution in [2.75, 3.05) is 6.54 Å². The van der Waals surface area contributed by atoms with Crippen molar-refractivity contribution in [1.29, 1.82) is 0 Å². The summed E-state index contributed by atoms with van der Waals surface area (Å²) in [4.78, 5) is 49.6. The Morgan fingerprint density at radius 2 is 1.76 bits per heavy atom. The summed E-state index contributed by atoms with van der Waals surface area (Å²) < 4.78 is 5.52. The number of amides is 2. The van der Waals surface area contributed by atoms with Crippen molar-refractivity contribution in [2.24, 2.45) is 11.7 Å². The molecule has 1 saturated heterocycles. The van der Waals surface area contributed by atoms with E-state index < -0.39 is 41.9 Å². The number of hydrazine groups is 1. The molecule has 5 N–H and O–H groups in total. The highest BCUT2D eigenvalue weighted by Gasteiger charge is 2.33. The van der Waals surface area contributed by atoms with E-state index in [0.29, 0.717) is 25.8 Å². The third-order valence-corrected chi connectivity index (χ3v) is 6.92. The van der Waals surface area contributed by atoms with Gasteiger partial charge in [-0.15, -0.1) is 12.4 Å². The van der Waals surface area contributed by atoms with E-state index in [2.05, 4.69) is 16.8 Å². The lowest BCUT2D eigenvalue weighted by atomic mass is 9.99. The summed E-state index contributed by atoms with van der Waals surface area (Å²) in [7, 11) is 0. The number of hydrogen-bond acceptors (Lipinski definition) is 7. The number of esters is 1. The van der Waals surface area contributed by atoms with Crippen LogP contribution in [-0.2, 0) is 30.3 Å². The molecule has 0 aliphatic carbocycles. The zero-order valence-electron chi connectivity index (χ0n) is 24.0. The maximum Gasteiger partial charge on any atom is 0.322 e. The SMILES string of the molecule is CC(NC(=O)C(OC(=O)CCc1ccc(-c2cccc(C(C)N)c2)cc1)C(C)C)C(=O)N1CCC[C@@H](C(=O)O)N1.Cl. The van der Waals surface area contributed by atoms with Crippen LogP contribution >= 0.6 is 12.4 Å². The first-order valence-corrected chi connectivity index (χ1v) is 13.7. The van der Waals surface area contributed by atoms with Gasteiger partial charge in [0.05, 0.1) is 0 Å². The Hall–Kier alpha value is -3.47. The average molecular weight is 589 g/mol. The van der Waals surface area contributed by atoms with Crippen LogP contribution in [0, 0.1) is 5.92 Å². The topological polar surface area (TPSA) is 151 Å². The minimum atomic E-state index is -1.07. The molecule has 224 valence electrons. The molecule has 3 unspecified atom stereocenters. The molecule has 1 aliphatic rings. The highest BCUT2D eigenvalue weighted by atomic mass is 35.5. The molecule has 3 rings (SSSR count). The number of hydrogen-bond donors (Lipinski definition) is 4. The summed E-state index contributed by atoms with van der Waals surface area (Å²) >= 11 is 0. The fraction of sp³-hybridized carbons (Fsp3) is 0.467. The second-order valence-corrected chi connectivity index (χ2v) is 10.6. The molecule has 0 aromatic heterocycles. The number of nitrogens with zero attached hydrogens (tertiary/aromatic N) is 1. The van der Waals surface area contributed by atoms with Crippen molar-refractivity contribution in [1.82, 2.24) is 15.8 Å². The lowest BCUT2D eigenvalue weighted by Gasteiger charge is -2.34. The maximum atomic E-state index is 12.9. The Bertz CT molecular complexity index is 1200. The second-order valence-electron chi connectivity index (χ2n) is 10.6. The molecule has 2 amide bonds. The number of benzene rings is 2. The summed E-state index contributed by atoms with van der Waals surface area (Å²) in [6, 6.07) is 14.2. The lowest BCUT2D eigenvalue weighted by Crippen LogP contribution is -2.60. The summed E-state index contributed by atoms with van der Waals surface area (Å²) in [5.74, 6) is -2.90. The summed E-state index contributed by atoms with van der Waals surface area (Å²) in [5, 5.41) is 13.1. The number of carboxylic acid groups (broad SMARTS) is 1. The van der Waals surface area contributed by atoms with E-state index >= 15 is 0 Å². The molecule has 0 radical (unpaired) electrons. The molecule has 41 heavy (non-hydrogen) atoms. The van der Waals surface area contributed by atoms with Gasteiger partial charge in [0, 0.05) is 19.0 Å². The summed E-state index contributed by atoms with van der Waals surface area (Å²) in [6.07, 6.45) is 0.428. The predicted octanol–water partition coefficient (Wildman–Crippen LogP) is 3.38. The molecule has 2 aromatic rings. The molecule has 11 heteroatoms. The molecule has 1 aliphatic heterocycles. The normalized spacial score (nSPS) is 17.1. The van der Waals surface area contributed by atoms with Crippen molar-refractivity contribution in [3.63, 3.8) is 0 Å². The van der Waals surface area contributed by atoms with Crippen LogP contribution in [0.5, 0.6) is 0 Å². The molecule has 0 bridgehead atoms. The molecule has 10 nitrogen and oxygen atoms in total. The van der Waals surface area contributed by atoms with Gasteiger partial charge in [0.25, 0.3) is 11.8 Å². The minimum absolute atomic E-state index is 0. The first-order valence-electron chi connectivity index (χ1n) is 13.7. The number of halogens is 1. The van der Waals surface area contributed by atoms with Crippen LogP contribution in [0.2, 0.25) is 0 Å². The quantitative estimate of drug-likeness (QED) is 0.292. The number of carbonyl (C=O) groups is 4. The van der Waals surface area contributed by atoms with Crippen LogP contribution in [0.1, 0.15) is 64.1 Å². The largest absolute Gasteiger partial charge is 0.480 e. The predicted molar refractivity (Wildman–Crippen MR) is 158 cm³/mol. The highest BCUT2D eigenvalue weighted by Crippen LogP contribution is 2.23. The molecule has 1 heterocycles. The molecule has 1 fully saturated rings. The molecule has 0 saturated carbocycles. The molecule has 2 aromatic carbocycles. The van der Waals surface area contributed by atoms with Gasteiger partial charge < -0.3 is 20.9 Å². The average Bonchev–Trinajstić information content (AvgIpc) is 2.94. The van der Waals surface area contributed by atoms with Crippen molar-refractivity contribution < 1.29 is 29.0 Å². The molecule has 4 atom stereocenters. The van der Waals surface area contributed by atoms with Crippen LogP contribution in [0.4, 0.5) is 0 Å². The lowest BCUT2D eigenvalue weighted by molar-refractivity contribution is -0.159. The van der Waals surface area contributed by atoms with E-state index in [1.165, 1.54) is 11.9 Å². The van der Waals surface area contributed by atoms with Crippen LogP contribution in [-0.4, -0.2) is 58.6 Å². The fourth-order valence-electron chi connectivity index (χ4n) is 4.52. The molecular formula is C30H41ClN4O6. The third-order valence-electron chi connectivity index (χ3n) is 6.92. The van der Waals surface area contributed by atoms with Gasteiger partial charge in [0.1, 0.15) is 12.1 Å². The standard InChI is InChI=1S/C30H40N4O6.ClH/c1-18(2)27(28(36)32-20(4)29(37)34-16-6-9-25(33-34)30(38)39)40-26(35)15-12-21-10-13-22(14-11-21)24-8-5-7-23(17-24)19(3)31;/h5,7-8,10-11,13-14,17-20,25,27,33H,6,9,12,15-16,31H2,1-4H3,(H,32,36)(H,38,39);1H/t19?,20?,25-,27?;/m0./s1. The van der Waals surface area contributed by atoms with E-state index in [9.17, 15) is 24.3 Å². The van der Waals surface area contributed by atoms with Crippen LogP contribution in [0.25, 0.3) is 11.1 Å². The van der Waals surface area contributed by atoms with Crippen LogP contribution in [0.3, 0.4) is 0 Å². The monoisotopic (exact) mass is 588 g/mol. The van der Waals surface area contributed by atoms with Gasteiger partial charge in [-0.2, -0.15) is 0 Å².